The van der Waals surface area contributed by atoms with Gasteiger partial charge in [0.2, 0.25) is 0 Å². The first-order chi connectivity index (χ1) is 16.0. The smallest absolute Gasteiger partial charge is 0.166 e. The molecule has 5 rings (SSSR count). The van der Waals surface area contributed by atoms with Gasteiger partial charge in [-0.25, -0.2) is 13.2 Å². The maximum absolute atomic E-state index is 15.1. The van der Waals surface area contributed by atoms with Crippen molar-refractivity contribution in [3.8, 4) is 0 Å². The minimum atomic E-state index is -0.742. The average Bonchev–Trinajstić information content (AvgIpc) is 3.67. The first-order valence-electron chi connectivity index (χ1n) is 12.3. The Hall–Kier alpha value is -2.33. The number of benzene rings is 2. The number of epoxide rings is 1. The van der Waals surface area contributed by atoms with Crippen molar-refractivity contribution in [2.75, 3.05) is 6.61 Å². The van der Waals surface area contributed by atoms with Gasteiger partial charge in [-0.1, -0.05) is 56.2 Å². The van der Waals surface area contributed by atoms with Crippen molar-refractivity contribution in [1.82, 2.24) is 0 Å². The zero-order valence-corrected chi connectivity index (χ0v) is 19.2. The molecule has 0 N–H and O–H groups in total. The molecule has 4 heteroatoms. The second-order valence-corrected chi connectivity index (χ2v) is 9.75. The van der Waals surface area contributed by atoms with E-state index in [-0.39, 0.29) is 17.8 Å². The van der Waals surface area contributed by atoms with Gasteiger partial charge >= 0.3 is 0 Å². The van der Waals surface area contributed by atoms with Crippen molar-refractivity contribution in [3.63, 3.8) is 0 Å². The molecule has 0 radical (unpaired) electrons. The molecule has 1 fully saturated rings. The predicted octanol–water partition coefficient (Wildman–Crippen LogP) is 8.51. The first-order valence-corrected chi connectivity index (χ1v) is 12.3. The maximum atomic E-state index is 15.1. The summed E-state index contributed by atoms with van der Waals surface area (Å²) < 4.78 is 49.7. The number of ether oxygens (including phenoxy) is 1. The van der Waals surface area contributed by atoms with E-state index in [9.17, 15) is 4.39 Å². The largest absolute Gasteiger partial charge is 0.368 e. The summed E-state index contributed by atoms with van der Waals surface area (Å²) in [6.07, 6.45) is 11.3. The van der Waals surface area contributed by atoms with Crippen LogP contribution >= 0.6 is 0 Å². The lowest BCUT2D eigenvalue weighted by atomic mass is 9.81. The fraction of sp³-hybridized carbons (Fsp3) is 0.448. The van der Waals surface area contributed by atoms with Crippen LogP contribution in [0, 0.1) is 23.4 Å². The highest BCUT2D eigenvalue weighted by molar-refractivity contribution is 5.72. The molecule has 2 aromatic carbocycles. The third kappa shape index (κ3) is 4.68. The Morgan fingerprint density at radius 3 is 2.06 bits per heavy atom. The van der Waals surface area contributed by atoms with Gasteiger partial charge in [0.05, 0.1) is 6.61 Å². The van der Waals surface area contributed by atoms with E-state index in [0.717, 1.165) is 48.8 Å². The average molecular weight is 453 g/mol. The highest BCUT2D eigenvalue weighted by atomic mass is 19.2. The van der Waals surface area contributed by atoms with Crippen molar-refractivity contribution in [2.24, 2.45) is 5.92 Å². The fourth-order valence-electron chi connectivity index (χ4n) is 5.52. The van der Waals surface area contributed by atoms with Gasteiger partial charge in [0, 0.05) is 16.7 Å². The molecule has 0 aromatic heterocycles. The Bertz CT molecular complexity index is 1100. The summed E-state index contributed by atoms with van der Waals surface area (Å²) in [5, 5.41) is 0. The lowest BCUT2D eigenvalue weighted by molar-refractivity contribution is 0.407. The Morgan fingerprint density at radius 2 is 1.55 bits per heavy atom. The molecule has 0 spiro atoms. The highest BCUT2D eigenvalue weighted by Crippen LogP contribution is 2.40. The number of hydrogen-bond donors (Lipinski definition) is 0. The monoisotopic (exact) mass is 452 g/mol. The summed E-state index contributed by atoms with van der Waals surface area (Å²) in [4.78, 5) is 0. The predicted molar refractivity (Wildman–Crippen MR) is 126 cm³/mol. The number of allylic oxidation sites excluding steroid dienone is 4. The topological polar surface area (TPSA) is 12.5 Å². The van der Waals surface area contributed by atoms with E-state index in [2.05, 4.69) is 13.0 Å². The number of rotatable bonds is 6. The molecule has 2 aromatic rings. The van der Waals surface area contributed by atoms with E-state index in [1.165, 1.54) is 6.42 Å². The molecule has 0 bridgehead atoms. The lowest BCUT2D eigenvalue weighted by Gasteiger charge is -2.24. The van der Waals surface area contributed by atoms with Gasteiger partial charge in [-0.05, 0) is 73.1 Å². The van der Waals surface area contributed by atoms with Gasteiger partial charge in [0.15, 0.2) is 11.6 Å². The molecule has 1 nitrogen and oxygen atoms in total. The quantitative estimate of drug-likeness (QED) is 0.400. The van der Waals surface area contributed by atoms with E-state index >= 15 is 8.78 Å². The summed E-state index contributed by atoms with van der Waals surface area (Å²) in [5.41, 5.74) is 4.14. The van der Waals surface area contributed by atoms with Crippen LogP contribution in [-0.4, -0.2) is 6.61 Å². The zero-order valence-electron chi connectivity index (χ0n) is 19.2. The third-order valence-corrected chi connectivity index (χ3v) is 7.58. The summed E-state index contributed by atoms with van der Waals surface area (Å²) in [5.74, 6) is -0.832. The minimum absolute atomic E-state index is 0.0973. The van der Waals surface area contributed by atoms with Gasteiger partial charge < -0.3 is 4.74 Å². The molecule has 1 aliphatic heterocycles. The Labute approximate surface area is 194 Å². The van der Waals surface area contributed by atoms with E-state index in [4.69, 9.17) is 4.74 Å². The van der Waals surface area contributed by atoms with E-state index in [0.29, 0.717) is 42.1 Å². The molecule has 1 saturated heterocycles. The lowest BCUT2D eigenvalue weighted by Crippen LogP contribution is -2.08. The number of hydrogen-bond acceptors (Lipinski definition) is 1. The summed E-state index contributed by atoms with van der Waals surface area (Å²) in [7, 11) is 0. The maximum Gasteiger partial charge on any atom is 0.166 e. The standard InChI is InChI=1S/C29H31F3O/c1-2-3-18-4-6-20(7-5-18)23-14-15-24(29(32)28(23)31)21-10-8-19(9-11-21)22-12-13-25(26(30)16-22)27-17-33-27/h6,10,12-16,18-19,27H,2-5,7-9,11,17H2,1H3. The molecule has 0 amide bonds. The van der Waals surface area contributed by atoms with Crippen LogP contribution in [0.1, 0.15) is 92.6 Å². The number of halogens is 3. The molecule has 0 saturated carbocycles. The van der Waals surface area contributed by atoms with Gasteiger partial charge in [-0.2, -0.15) is 0 Å². The molecule has 3 aliphatic rings. The van der Waals surface area contributed by atoms with E-state index < -0.39 is 11.6 Å². The third-order valence-electron chi connectivity index (χ3n) is 7.58. The molecule has 2 aliphatic carbocycles. The normalized spacial score (nSPS) is 24.9. The SMILES string of the molecule is CCCC1CC=C(c2ccc(C3=CCC(c4ccc(C5CO5)c(F)c4)CC3)c(F)c2F)CC1. The summed E-state index contributed by atoms with van der Waals surface area (Å²) >= 11 is 0. The van der Waals surface area contributed by atoms with Crippen molar-refractivity contribution < 1.29 is 17.9 Å². The van der Waals surface area contributed by atoms with E-state index in [1.807, 2.05) is 18.2 Å². The summed E-state index contributed by atoms with van der Waals surface area (Å²) in [6.45, 7) is 2.77. The van der Waals surface area contributed by atoms with Crippen LogP contribution in [0.25, 0.3) is 11.1 Å². The van der Waals surface area contributed by atoms with E-state index in [1.54, 1.807) is 18.2 Å². The van der Waals surface area contributed by atoms with Crippen LogP contribution in [0.5, 0.6) is 0 Å². The zero-order chi connectivity index (χ0) is 22.9. The molecule has 3 unspecified atom stereocenters. The van der Waals surface area contributed by atoms with Crippen molar-refractivity contribution in [1.29, 1.82) is 0 Å². The van der Waals surface area contributed by atoms with Gasteiger partial charge in [-0.15, -0.1) is 0 Å². The Morgan fingerprint density at radius 1 is 0.879 bits per heavy atom. The first kappa shape index (κ1) is 22.5. The Kier molecular flexibility index (Phi) is 6.47. The van der Waals surface area contributed by atoms with Crippen LogP contribution in [-0.2, 0) is 4.74 Å². The molecular formula is C29H31F3O. The van der Waals surface area contributed by atoms with Crippen LogP contribution in [0.15, 0.2) is 42.5 Å². The van der Waals surface area contributed by atoms with Crippen LogP contribution in [0.4, 0.5) is 13.2 Å². The molecule has 33 heavy (non-hydrogen) atoms. The summed E-state index contributed by atoms with van der Waals surface area (Å²) in [6, 6.07) is 8.89. The van der Waals surface area contributed by atoms with Crippen LogP contribution in [0.3, 0.4) is 0 Å². The Balaban J connectivity index is 1.31. The second kappa shape index (κ2) is 9.50. The second-order valence-electron chi connectivity index (χ2n) is 9.75. The van der Waals surface area contributed by atoms with Crippen LogP contribution in [0.2, 0.25) is 0 Å². The fourth-order valence-corrected chi connectivity index (χ4v) is 5.52. The van der Waals surface area contributed by atoms with Crippen molar-refractivity contribution >= 4 is 11.1 Å². The van der Waals surface area contributed by atoms with Crippen molar-refractivity contribution in [2.45, 2.75) is 70.3 Å². The van der Waals surface area contributed by atoms with Crippen molar-refractivity contribution in [3.05, 3.63) is 82.2 Å². The molecule has 3 atom stereocenters. The molecule has 174 valence electrons. The molecular weight excluding hydrogens is 421 g/mol. The van der Waals surface area contributed by atoms with Gasteiger partial charge in [0.1, 0.15) is 11.9 Å². The van der Waals surface area contributed by atoms with Gasteiger partial charge in [0.25, 0.3) is 0 Å². The van der Waals surface area contributed by atoms with Crippen LogP contribution < -0.4 is 0 Å². The highest BCUT2D eigenvalue weighted by Gasteiger charge is 2.29. The van der Waals surface area contributed by atoms with Gasteiger partial charge in [-0.3, -0.25) is 0 Å². The molecule has 1 heterocycles. The minimum Gasteiger partial charge on any atom is -0.368 e.